The maximum absolute atomic E-state index is 12.3. The second-order valence-corrected chi connectivity index (χ2v) is 8.31. The first-order valence-electron chi connectivity index (χ1n) is 9.13. The molecular weight excluding hydrogens is 406 g/mol. The van der Waals surface area contributed by atoms with Crippen molar-refractivity contribution >= 4 is 28.7 Å². The zero-order chi connectivity index (χ0) is 20.4. The topological polar surface area (TPSA) is 56.9 Å². The Hall–Kier alpha value is -2.96. The van der Waals surface area contributed by atoms with E-state index in [1.807, 2.05) is 41.8 Å². The van der Waals surface area contributed by atoms with Gasteiger partial charge >= 0.3 is 0 Å². The number of rotatable bonds is 6. The largest absolute Gasteiger partial charge is 0.303 e. The minimum absolute atomic E-state index is 0.0713. The highest BCUT2D eigenvalue weighted by Crippen LogP contribution is 2.23. The summed E-state index contributed by atoms with van der Waals surface area (Å²) in [5.41, 5.74) is 3.57. The van der Waals surface area contributed by atoms with Crippen LogP contribution >= 0.6 is 22.9 Å². The summed E-state index contributed by atoms with van der Waals surface area (Å²) >= 11 is 7.21. The van der Waals surface area contributed by atoms with Crippen molar-refractivity contribution in [1.82, 2.24) is 14.1 Å². The van der Waals surface area contributed by atoms with Crippen molar-refractivity contribution in [3.8, 4) is 11.4 Å². The number of halogens is 1. The number of hydrogen-bond acceptors (Lipinski definition) is 4. The average molecular weight is 424 g/mol. The quantitative estimate of drug-likeness (QED) is 0.416. The SMILES string of the molecule is Cc1c(CCC(=O)c2ccc(Cl)s2)ncn1-c1ccc(-n2ccccc2=O)cc1. The van der Waals surface area contributed by atoms with Crippen molar-refractivity contribution < 1.29 is 4.79 Å². The molecule has 0 saturated carbocycles. The number of hydrogen-bond donors (Lipinski definition) is 0. The van der Waals surface area contributed by atoms with Crippen molar-refractivity contribution in [2.75, 3.05) is 0 Å². The van der Waals surface area contributed by atoms with Gasteiger partial charge < -0.3 is 4.57 Å². The van der Waals surface area contributed by atoms with Crippen LogP contribution in [-0.4, -0.2) is 19.9 Å². The molecule has 29 heavy (non-hydrogen) atoms. The van der Waals surface area contributed by atoms with Crippen LogP contribution in [-0.2, 0) is 6.42 Å². The predicted octanol–water partition coefficient (Wildman–Crippen LogP) is 4.86. The van der Waals surface area contributed by atoms with Crippen molar-refractivity contribution in [3.63, 3.8) is 0 Å². The molecule has 4 rings (SSSR count). The smallest absolute Gasteiger partial charge is 0.255 e. The van der Waals surface area contributed by atoms with Crippen LogP contribution in [0.1, 0.15) is 27.5 Å². The van der Waals surface area contributed by atoms with E-state index in [9.17, 15) is 9.59 Å². The Balaban J connectivity index is 1.50. The van der Waals surface area contributed by atoms with Gasteiger partial charge in [0.25, 0.3) is 5.56 Å². The van der Waals surface area contributed by atoms with Crippen molar-refractivity contribution in [2.24, 2.45) is 0 Å². The van der Waals surface area contributed by atoms with E-state index >= 15 is 0 Å². The molecule has 0 unspecified atom stereocenters. The third kappa shape index (κ3) is 4.09. The van der Waals surface area contributed by atoms with Crippen LogP contribution in [0.5, 0.6) is 0 Å². The number of aromatic nitrogens is 3. The number of nitrogens with zero attached hydrogens (tertiary/aromatic N) is 3. The lowest BCUT2D eigenvalue weighted by Gasteiger charge is -2.09. The number of carbonyl (C=O) groups excluding carboxylic acids is 1. The summed E-state index contributed by atoms with van der Waals surface area (Å²) in [5.74, 6) is 0.0773. The fraction of sp³-hybridized carbons (Fsp3) is 0.136. The van der Waals surface area contributed by atoms with Crippen LogP contribution in [0.3, 0.4) is 0 Å². The molecule has 4 aromatic rings. The standard InChI is InChI=1S/C22H18ClN3O2S/c1-15-18(9-10-19(27)20-11-12-21(23)29-20)24-14-26(15)17-7-5-16(6-8-17)25-13-3-2-4-22(25)28/h2-8,11-14H,9-10H2,1H3. The van der Waals surface area contributed by atoms with Gasteiger partial charge in [-0.25, -0.2) is 4.98 Å². The van der Waals surface area contributed by atoms with E-state index in [0.717, 1.165) is 22.8 Å². The third-order valence-corrected chi connectivity index (χ3v) is 6.05. The molecule has 3 aromatic heterocycles. The number of Topliss-reactive ketones (excluding diaryl/α,β-unsaturated/α-hetero) is 1. The maximum Gasteiger partial charge on any atom is 0.255 e. The lowest BCUT2D eigenvalue weighted by Crippen LogP contribution is -2.15. The molecule has 0 aliphatic rings. The van der Waals surface area contributed by atoms with Crippen LogP contribution in [0.15, 0.2) is 71.9 Å². The summed E-state index contributed by atoms with van der Waals surface area (Å²) in [6.45, 7) is 1.99. The summed E-state index contributed by atoms with van der Waals surface area (Å²) in [7, 11) is 0. The van der Waals surface area contributed by atoms with Gasteiger partial charge in [-0.05, 0) is 55.8 Å². The highest BCUT2D eigenvalue weighted by molar-refractivity contribution is 7.18. The van der Waals surface area contributed by atoms with Crippen LogP contribution in [0.25, 0.3) is 11.4 Å². The van der Waals surface area contributed by atoms with E-state index < -0.39 is 0 Å². The summed E-state index contributed by atoms with van der Waals surface area (Å²) < 4.78 is 4.20. The van der Waals surface area contributed by atoms with Gasteiger partial charge in [0.2, 0.25) is 0 Å². The van der Waals surface area contributed by atoms with Gasteiger partial charge in [0.05, 0.1) is 21.2 Å². The van der Waals surface area contributed by atoms with Crippen molar-refractivity contribution in [2.45, 2.75) is 19.8 Å². The monoisotopic (exact) mass is 423 g/mol. The van der Waals surface area contributed by atoms with E-state index in [0.29, 0.717) is 22.1 Å². The minimum Gasteiger partial charge on any atom is -0.303 e. The summed E-state index contributed by atoms with van der Waals surface area (Å²) in [4.78, 5) is 29.5. The Kier molecular flexibility index (Phi) is 5.47. The van der Waals surface area contributed by atoms with Gasteiger partial charge in [-0.2, -0.15) is 0 Å². The molecule has 0 aliphatic carbocycles. The van der Waals surface area contributed by atoms with Crippen LogP contribution in [0, 0.1) is 6.92 Å². The first-order chi connectivity index (χ1) is 14.0. The maximum atomic E-state index is 12.3. The number of carbonyl (C=O) groups is 1. The number of aryl methyl sites for hydroxylation is 1. The minimum atomic E-state index is -0.0713. The Morgan fingerprint density at radius 1 is 1.03 bits per heavy atom. The highest BCUT2D eigenvalue weighted by atomic mass is 35.5. The van der Waals surface area contributed by atoms with E-state index in [2.05, 4.69) is 4.98 Å². The number of benzene rings is 1. The van der Waals surface area contributed by atoms with Gasteiger partial charge in [0, 0.05) is 35.8 Å². The Morgan fingerprint density at radius 2 is 1.76 bits per heavy atom. The summed E-state index contributed by atoms with van der Waals surface area (Å²) in [5, 5.41) is 0. The number of pyridine rings is 1. The highest BCUT2D eigenvalue weighted by Gasteiger charge is 2.13. The Labute approximate surface area is 176 Å². The van der Waals surface area contributed by atoms with Gasteiger partial charge in [0.15, 0.2) is 5.78 Å². The van der Waals surface area contributed by atoms with E-state index in [1.54, 1.807) is 35.3 Å². The van der Waals surface area contributed by atoms with Gasteiger partial charge in [0.1, 0.15) is 0 Å². The molecule has 0 radical (unpaired) electrons. The number of imidazole rings is 1. The second kappa shape index (κ2) is 8.19. The van der Waals surface area contributed by atoms with Gasteiger partial charge in [-0.1, -0.05) is 17.7 Å². The van der Waals surface area contributed by atoms with Crippen LogP contribution in [0.2, 0.25) is 4.34 Å². The lowest BCUT2D eigenvalue weighted by molar-refractivity contribution is 0.0986. The first kappa shape index (κ1) is 19.4. The fourth-order valence-corrected chi connectivity index (χ4v) is 4.20. The molecule has 1 aromatic carbocycles. The molecule has 146 valence electrons. The van der Waals surface area contributed by atoms with Crippen molar-refractivity contribution in [1.29, 1.82) is 0 Å². The zero-order valence-corrected chi connectivity index (χ0v) is 17.3. The molecule has 3 heterocycles. The molecule has 0 spiro atoms. The predicted molar refractivity (Wildman–Crippen MR) is 116 cm³/mol. The lowest BCUT2D eigenvalue weighted by atomic mass is 10.1. The first-order valence-corrected chi connectivity index (χ1v) is 10.3. The second-order valence-electron chi connectivity index (χ2n) is 6.60. The van der Waals surface area contributed by atoms with Gasteiger partial charge in [-0.15, -0.1) is 11.3 Å². The molecule has 0 saturated heterocycles. The fourth-order valence-electron chi connectivity index (χ4n) is 3.19. The molecular formula is C22H18ClN3O2S. The van der Waals surface area contributed by atoms with E-state index in [-0.39, 0.29) is 11.3 Å². The molecule has 0 amide bonds. The molecule has 0 aliphatic heterocycles. The van der Waals surface area contributed by atoms with Crippen LogP contribution in [0.4, 0.5) is 0 Å². The molecule has 0 fully saturated rings. The summed E-state index contributed by atoms with van der Waals surface area (Å²) in [6, 6.07) is 16.3. The molecule has 0 bridgehead atoms. The van der Waals surface area contributed by atoms with Crippen LogP contribution < -0.4 is 5.56 Å². The number of ketones is 1. The van der Waals surface area contributed by atoms with E-state index in [4.69, 9.17) is 11.6 Å². The molecule has 0 N–H and O–H groups in total. The van der Waals surface area contributed by atoms with Crippen molar-refractivity contribution in [3.05, 3.63) is 98.1 Å². The average Bonchev–Trinajstić information content (AvgIpc) is 3.32. The number of thiophene rings is 1. The zero-order valence-electron chi connectivity index (χ0n) is 15.7. The Morgan fingerprint density at radius 3 is 2.41 bits per heavy atom. The molecule has 5 nitrogen and oxygen atoms in total. The summed E-state index contributed by atoms with van der Waals surface area (Å²) in [6.07, 6.45) is 4.48. The van der Waals surface area contributed by atoms with Gasteiger partial charge in [-0.3, -0.25) is 14.2 Å². The molecule has 7 heteroatoms. The van der Waals surface area contributed by atoms with E-state index in [1.165, 1.54) is 17.4 Å². The Bertz CT molecular complexity index is 1220. The molecule has 0 atom stereocenters. The normalized spacial score (nSPS) is 11.0. The third-order valence-electron chi connectivity index (χ3n) is 4.77.